The molecule has 1 N–H and O–H groups in total. The fraction of sp³-hybridized carbons (Fsp3) is 0.667. The minimum atomic E-state index is 0.458. The average Bonchev–Trinajstić information content (AvgIpc) is 2.98. The molecule has 22 heavy (non-hydrogen) atoms. The van der Waals surface area contributed by atoms with Gasteiger partial charge in [-0.15, -0.1) is 0 Å². The molecular weight excluding hydrogens is 276 g/mol. The highest BCUT2D eigenvalue weighted by molar-refractivity contribution is 5.53. The second kappa shape index (κ2) is 7.34. The summed E-state index contributed by atoms with van der Waals surface area (Å²) < 4.78 is 11.0. The largest absolute Gasteiger partial charge is 0.493 e. The van der Waals surface area contributed by atoms with Gasteiger partial charge in [-0.05, 0) is 50.4 Å². The number of nitrogens with one attached hydrogen (secondary N) is 1. The van der Waals surface area contributed by atoms with Crippen molar-refractivity contribution in [3.05, 3.63) is 23.3 Å². The molecule has 0 amide bonds. The SMILES string of the molecule is COc1ccc2c(c1OC)CC[C@@H]2NCCN1CCCCC1. The van der Waals surface area contributed by atoms with Crippen LogP contribution < -0.4 is 14.8 Å². The molecule has 4 nitrogen and oxygen atoms in total. The standard InChI is InChI=1S/C18H28N2O2/c1-21-17-9-7-14-15(18(17)22-2)6-8-16(14)19-10-13-20-11-4-3-5-12-20/h7,9,16,19H,3-6,8,10-13H2,1-2H3/t16-/m0/s1. The molecule has 122 valence electrons. The first kappa shape index (κ1) is 15.6. The Balaban J connectivity index is 1.59. The maximum absolute atomic E-state index is 5.57. The summed E-state index contributed by atoms with van der Waals surface area (Å²) in [6.07, 6.45) is 6.35. The van der Waals surface area contributed by atoms with Gasteiger partial charge in [0.05, 0.1) is 14.2 Å². The first-order valence-corrected chi connectivity index (χ1v) is 8.53. The molecule has 1 saturated heterocycles. The van der Waals surface area contributed by atoms with Crippen LogP contribution in [0.5, 0.6) is 11.5 Å². The molecule has 1 aliphatic carbocycles. The summed E-state index contributed by atoms with van der Waals surface area (Å²) in [5, 5.41) is 3.74. The predicted molar refractivity (Wildman–Crippen MR) is 88.9 cm³/mol. The van der Waals surface area contributed by atoms with Crippen LogP contribution >= 0.6 is 0 Å². The van der Waals surface area contributed by atoms with Gasteiger partial charge in [-0.3, -0.25) is 0 Å². The number of piperidine rings is 1. The Labute approximate surface area is 133 Å². The Bertz CT molecular complexity index is 498. The zero-order chi connectivity index (χ0) is 15.4. The normalized spacial score (nSPS) is 21.6. The van der Waals surface area contributed by atoms with Gasteiger partial charge in [-0.25, -0.2) is 0 Å². The van der Waals surface area contributed by atoms with Crippen molar-refractivity contribution in [2.75, 3.05) is 40.4 Å². The molecule has 1 aromatic carbocycles. The van der Waals surface area contributed by atoms with E-state index in [1.54, 1.807) is 14.2 Å². The van der Waals surface area contributed by atoms with Crippen molar-refractivity contribution < 1.29 is 9.47 Å². The monoisotopic (exact) mass is 304 g/mol. The third-order valence-electron chi connectivity index (χ3n) is 5.01. The van der Waals surface area contributed by atoms with E-state index in [4.69, 9.17) is 9.47 Å². The van der Waals surface area contributed by atoms with Crippen LogP contribution in [0, 0.1) is 0 Å². The van der Waals surface area contributed by atoms with Crippen molar-refractivity contribution in [3.8, 4) is 11.5 Å². The maximum atomic E-state index is 5.57. The summed E-state index contributed by atoms with van der Waals surface area (Å²) in [6.45, 7) is 4.78. The molecule has 2 aliphatic rings. The van der Waals surface area contributed by atoms with Crippen LogP contribution in [-0.2, 0) is 6.42 Å². The second-order valence-electron chi connectivity index (χ2n) is 6.32. The van der Waals surface area contributed by atoms with Crippen molar-refractivity contribution in [1.82, 2.24) is 10.2 Å². The first-order chi connectivity index (χ1) is 10.8. The van der Waals surface area contributed by atoms with Gasteiger partial charge in [-0.2, -0.15) is 0 Å². The smallest absolute Gasteiger partial charge is 0.164 e. The quantitative estimate of drug-likeness (QED) is 0.876. The molecular formula is C18H28N2O2. The van der Waals surface area contributed by atoms with Crippen LogP contribution in [0.2, 0.25) is 0 Å². The summed E-state index contributed by atoms with van der Waals surface area (Å²) >= 11 is 0. The molecule has 0 spiro atoms. The number of ether oxygens (including phenoxy) is 2. The molecule has 1 aliphatic heterocycles. The molecule has 0 unspecified atom stereocenters. The summed E-state index contributed by atoms with van der Waals surface area (Å²) in [7, 11) is 3.43. The molecule has 1 atom stereocenters. The van der Waals surface area contributed by atoms with Crippen molar-refractivity contribution >= 4 is 0 Å². The molecule has 4 heteroatoms. The third kappa shape index (κ3) is 3.23. The summed E-state index contributed by atoms with van der Waals surface area (Å²) in [5.74, 6) is 1.76. The van der Waals surface area contributed by atoms with Gasteiger partial charge >= 0.3 is 0 Å². The number of hydrogen-bond acceptors (Lipinski definition) is 4. The van der Waals surface area contributed by atoms with Crippen LogP contribution in [-0.4, -0.2) is 45.3 Å². The highest BCUT2D eigenvalue weighted by Crippen LogP contribution is 2.42. The number of methoxy groups -OCH3 is 2. The Morgan fingerprint density at radius 1 is 1.14 bits per heavy atom. The van der Waals surface area contributed by atoms with E-state index in [-0.39, 0.29) is 0 Å². The van der Waals surface area contributed by atoms with Crippen molar-refractivity contribution in [2.45, 2.75) is 38.1 Å². The number of hydrogen-bond donors (Lipinski definition) is 1. The van der Waals surface area contributed by atoms with Gasteiger partial charge in [0.25, 0.3) is 0 Å². The summed E-state index contributed by atoms with van der Waals surface area (Å²) in [6, 6.07) is 4.68. The van der Waals surface area contributed by atoms with Gasteiger partial charge in [0.15, 0.2) is 11.5 Å². The summed E-state index contributed by atoms with van der Waals surface area (Å²) in [4.78, 5) is 2.58. The van der Waals surface area contributed by atoms with Crippen molar-refractivity contribution in [2.24, 2.45) is 0 Å². The number of benzene rings is 1. The fourth-order valence-electron chi connectivity index (χ4n) is 3.83. The van der Waals surface area contributed by atoms with E-state index in [0.717, 1.165) is 30.9 Å². The van der Waals surface area contributed by atoms with Crippen LogP contribution in [0.3, 0.4) is 0 Å². The lowest BCUT2D eigenvalue weighted by molar-refractivity contribution is 0.226. The number of likely N-dealkylation sites (tertiary alicyclic amines) is 1. The zero-order valence-electron chi connectivity index (χ0n) is 13.9. The zero-order valence-corrected chi connectivity index (χ0v) is 13.9. The molecule has 0 radical (unpaired) electrons. The van der Waals surface area contributed by atoms with E-state index in [9.17, 15) is 0 Å². The lowest BCUT2D eigenvalue weighted by Gasteiger charge is -2.27. The van der Waals surface area contributed by atoms with Gasteiger partial charge in [0.1, 0.15) is 0 Å². The maximum Gasteiger partial charge on any atom is 0.164 e. The molecule has 1 fully saturated rings. The Hall–Kier alpha value is -1.26. The van der Waals surface area contributed by atoms with Crippen molar-refractivity contribution in [3.63, 3.8) is 0 Å². The van der Waals surface area contributed by atoms with E-state index in [2.05, 4.69) is 16.3 Å². The Morgan fingerprint density at radius 3 is 2.68 bits per heavy atom. The predicted octanol–water partition coefficient (Wildman–Crippen LogP) is 2.77. The van der Waals surface area contributed by atoms with Gasteiger partial charge in [0, 0.05) is 24.7 Å². The lowest BCUT2D eigenvalue weighted by atomic mass is 10.1. The van der Waals surface area contributed by atoms with E-state index >= 15 is 0 Å². The molecule has 3 rings (SSSR count). The molecule has 1 heterocycles. The minimum Gasteiger partial charge on any atom is -0.493 e. The highest BCUT2D eigenvalue weighted by Gasteiger charge is 2.27. The van der Waals surface area contributed by atoms with Crippen LogP contribution in [0.15, 0.2) is 12.1 Å². The van der Waals surface area contributed by atoms with Crippen LogP contribution in [0.1, 0.15) is 42.9 Å². The average molecular weight is 304 g/mol. The van der Waals surface area contributed by atoms with Crippen molar-refractivity contribution in [1.29, 1.82) is 0 Å². The molecule has 0 bridgehead atoms. The fourth-order valence-corrected chi connectivity index (χ4v) is 3.83. The van der Waals surface area contributed by atoms with Crippen LogP contribution in [0.4, 0.5) is 0 Å². The number of rotatable bonds is 6. The first-order valence-electron chi connectivity index (χ1n) is 8.53. The third-order valence-corrected chi connectivity index (χ3v) is 5.01. The molecule has 0 aromatic heterocycles. The second-order valence-corrected chi connectivity index (χ2v) is 6.32. The topological polar surface area (TPSA) is 33.7 Å². The number of fused-ring (bicyclic) bond motifs is 1. The van der Waals surface area contributed by atoms with E-state index in [1.807, 2.05) is 6.07 Å². The number of nitrogens with zero attached hydrogens (tertiary/aromatic N) is 1. The van der Waals surface area contributed by atoms with E-state index in [0.29, 0.717) is 6.04 Å². The van der Waals surface area contributed by atoms with E-state index in [1.165, 1.54) is 50.0 Å². The van der Waals surface area contributed by atoms with Crippen LogP contribution in [0.25, 0.3) is 0 Å². The summed E-state index contributed by atoms with van der Waals surface area (Å²) in [5.41, 5.74) is 2.70. The van der Waals surface area contributed by atoms with E-state index < -0.39 is 0 Å². The van der Waals surface area contributed by atoms with Gasteiger partial charge in [-0.1, -0.05) is 12.5 Å². The minimum absolute atomic E-state index is 0.458. The lowest BCUT2D eigenvalue weighted by Crippen LogP contribution is -2.36. The molecule has 1 aromatic rings. The van der Waals surface area contributed by atoms with Gasteiger partial charge in [0.2, 0.25) is 0 Å². The molecule has 0 saturated carbocycles. The van der Waals surface area contributed by atoms with Gasteiger partial charge < -0.3 is 19.7 Å². The Kier molecular flexibility index (Phi) is 5.21. The Morgan fingerprint density at radius 2 is 1.95 bits per heavy atom. The highest BCUT2D eigenvalue weighted by atomic mass is 16.5.